The molecule has 6 rings (SSSR count). The van der Waals surface area contributed by atoms with E-state index in [4.69, 9.17) is 59.1 Å². The van der Waals surface area contributed by atoms with E-state index in [1.54, 1.807) is 0 Å². The first kappa shape index (κ1) is 121. The van der Waals surface area contributed by atoms with Crippen LogP contribution < -0.4 is 5.32 Å². The summed E-state index contributed by atoms with van der Waals surface area (Å²) >= 11 is 0. The summed E-state index contributed by atoms with van der Waals surface area (Å²) in [5.41, 5.74) is 0. The lowest BCUT2D eigenvalue weighted by Crippen LogP contribution is -2.65. The number of hydrogen-bond donors (Lipinski definition) is 30. The normalized spacial score (nSPS) is 36.4. The molecule has 6 saturated heterocycles. The first-order valence-corrected chi connectivity index (χ1v) is 47.2. The Balaban J connectivity index is 0.000000752. The number of aliphatic hydroxyl groups is 29. The van der Waals surface area contributed by atoms with E-state index in [-0.39, 0.29) is 38.0 Å². The van der Waals surface area contributed by atoms with E-state index in [2.05, 4.69) is 46.9 Å². The number of rotatable bonds is 52. The number of hydrogen-bond acceptors (Lipinski definition) is 36. The van der Waals surface area contributed by atoms with Gasteiger partial charge in [-0.1, -0.05) is 253 Å². The standard InChI is InChI=1S/C18H36O6.C16H32O6.C15H30O6.C14H27NO6.C13H26O6.C12H24O6/c1-2-3-4-5-6-7-8-9-10-11-12-18(23)17(22)16(21)15(20)14(13-19)24-18;1-2-3-4-5-6-7-8-9-10-16(21)15(20)14(19)13(18)12(11-17)22-16;1-2-3-4-5-6-7-8-9-15(20)14(19)13(18)12(17)11(10-16)21-15;1-2-3-4-5-6-7-10(17)15-14-13(20)12(19)11(18)9(8-16)21-14;1-2-3-4-5-6-7-13(18)12(17)11(16)10(15)9(8-14)19-13;1-2-3-4-5-6-12(17)11(16)10(15)9(14)8(7-13)18-12/h14-17,19-23H,2-13H2,1H3;12-15,17-21H,2-11H2,1H3;11-14,16-20H,2-10H2,1H3;9,11-14,16,18-20H,2-8H2,1H3,(H,15,17);9-12,14-18H,2-8H2,1H3;8-11,13-17H,2-7H2,1H3/t14-,15-,16+,17-,18-;12-,13-,14+,15-,16-;11-,12-,13+,14-,15-;9-,11-,12+,13-,14-;9-,10-,11+,12-,13-;8-,9-,10+,11-,12-/m111111/s1. The third kappa shape index (κ3) is 41.8. The van der Waals surface area contributed by atoms with Gasteiger partial charge in [-0.2, -0.15) is 0 Å². The van der Waals surface area contributed by atoms with Crippen LogP contribution in [0.1, 0.15) is 330 Å². The quantitative estimate of drug-likeness (QED) is 0.0365. The van der Waals surface area contributed by atoms with Crippen molar-refractivity contribution in [2.45, 2.75) is 512 Å². The molecule has 0 aromatic rings. The van der Waals surface area contributed by atoms with Gasteiger partial charge >= 0.3 is 0 Å². The largest absolute Gasteiger partial charge is 0.394 e. The summed E-state index contributed by atoms with van der Waals surface area (Å²) in [5.74, 6) is -9.82. The van der Waals surface area contributed by atoms with Gasteiger partial charge in [0, 0.05) is 38.5 Å². The molecule has 37 heteroatoms. The highest BCUT2D eigenvalue weighted by atomic mass is 16.7. The van der Waals surface area contributed by atoms with E-state index in [0.29, 0.717) is 38.5 Å². The van der Waals surface area contributed by atoms with Crippen LogP contribution in [0.15, 0.2) is 0 Å². The Hall–Kier alpha value is -1.93. The van der Waals surface area contributed by atoms with E-state index in [1.165, 1.54) is 83.5 Å². The second kappa shape index (κ2) is 66.5. The molecule has 0 aromatic heterocycles. The summed E-state index contributed by atoms with van der Waals surface area (Å²) < 4.78 is 31.2. The lowest BCUT2D eigenvalue weighted by Gasteiger charge is -2.45. The lowest BCUT2D eigenvalue weighted by atomic mass is 9.89. The van der Waals surface area contributed by atoms with Gasteiger partial charge in [0.05, 0.1) is 39.6 Å². The Bertz CT molecular complexity index is 2600. The third-order valence-electron chi connectivity index (χ3n) is 24.4. The highest BCUT2D eigenvalue weighted by Gasteiger charge is 2.57. The van der Waals surface area contributed by atoms with Crippen LogP contribution in [-0.2, 0) is 33.2 Å². The molecule has 6 fully saturated rings. The molecule has 0 unspecified atom stereocenters. The van der Waals surface area contributed by atoms with Crippen molar-refractivity contribution in [1.29, 1.82) is 0 Å². The maximum Gasteiger partial charge on any atom is 0.222 e. The fourth-order valence-corrected chi connectivity index (χ4v) is 16.0. The molecule has 0 radical (unpaired) electrons. The van der Waals surface area contributed by atoms with Crippen LogP contribution in [0.4, 0.5) is 0 Å². The van der Waals surface area contributed by atoms with Gasteiger partial charge in [0.2, 0.25) is 5.91 Å². The number of carbonyl (C=O) groups is 1. The fourth-order valence-electron chi connectivity index (χ4n) is 16.0. The van der Waals surface area contributed by atoms with E-state index in [0.717, 1.165) is 135 Å². The second-order valence-electron chi connectivity index (χ2n) is 35.0. The Morgan fingerprint density at radius 1 is 0.224 bits per heavy atom. The number of aliphatic hydroxyl groups excluding tert-OH is 24. The van der Waals surface area contributed by atoms with Gasteiger partial charge in [-0.3, -0.25) is 4.79 Å². The highest BCUT2D eigenvalue weighted by Crippen LogP contribution is 2.38. The van der Waals surface area contributed by atoms with Crippen LogP contribution in [0, 0.1) is 0 Å². The van der Waals surface area contributed by atoms with Crippen molar-refractivity contribution in [3.05, 3.63) is 0 Å². The van der Waals surface area contributed by atoms with Crippen LogP contribution in [0.25, 0.3) is 0 Å². The Labute approximate surface area is 741 Å². The zero-order valence-electron chi connectivity index (χ0n) is 75.8. The molecule has 30 atom stereocenters. The monoisotopic (exact) mass is 1820 g/mol. The molecule has 0 spiro atoms. The molecule has 0 aromatic carbocycles. The summed E-state index contributed by atoms with van der Waals surface area (Å²) in [6.45, 7) is 9.71. The molecule has 0 bridgehead atoms. The van der Waals surface area contributed by atoms with E-state index >= 15 is 0 Å². The van der Waals surface area contributed by atoms with Gasteiger partial charge in [0.1, 0.15) is 146 Å². The molecule has 37 nitrogen and oxygen atoms in total. The van der Waals surface area contributed by atoms with Crippen molar-refractivity contribution in [3.63, 3.8) is 0 Å². The number of nitrogens with one attached hydrogen (secondary N) is 1. The van der Waals surface area contributed by atoms with E-state index in [9.17, 15) is 122 Å². The minimum Gasteiger partial charge on any atom is -0.394 e. The SMILES string of the molecule is CCCCCCCC(=O)N[C@@H]1O[C@H](CO)[C@@H](O)[C@H](O)[C@H]1O.CCCCCCCCCCCC[C@@]1(O)O[C@H](CO)[C@@H](O)[C@H](O)[C@H]1O.CCCCCCCCCC[C@@]1(O)O[C@H](CO)[C@@H](O)[C@H](O)[C@H]1O.CCCCCCCCC[C@@]1(O)O[C@H](CO)[C@@H](O)[C@H](O)[C@H]1O.CCCCCCC[C@@]1(O)O[C@H](CO)[C@@H](O)[C@H](O)[C@H]1O.CCCCCC[C@@]1(O)O[C@H](CO)[C@@H](O)[C@H](O)[C@H]1O. The van der Waals surface area contributed by atoms with Crippen LogP contribution in [-0.4, -0.2) is 375 Å². The zero-order valence-corrected chi connectivity index (χ0v) is 75.8. The minimum absolute atomic E-state index is 0.161. The Morgan fingerprint density at radius 2 is 0.392 bits per heavy atom. The number of ether oxygens (including phenoxy) is 6. The van der Waals surface area contributed by atoms with Crippen LogP contribution in [0.5, 0.6) is 0 Å². The smallest absolute Gasteiger partial charge is 0.222 e. The number of unbranched alkanes of at least 4 members (excludes halogenated alkanes) is 33. The molecular formula is C88H175NO36. The van der Waals surface area contributed by atoms with Gasteiger partial charge in [-0.05, 0) is 38.5 Å². The highest BCUT2D eigenvalue weighted by molar-refractivity contribution is 5.76. The zero-order chi connectivity index (χ0) is 94.5. The molecule has 6 heterocycles. The van der Waals surface area contributed by atoms with Crippen molar-refractivity contribution < 1.29 is 181 Å². The van der Waals surface area contributed by atoms with Crippen LogP contribution in [0.3, 0.4) is 0 Å². The van der Waals surface area contributed by atoms with Crippen LogP contribution in [0.2, 0.25) is 0 Å². The Kier molecular flexibility index (Phi) is 64.4. The van der Waals surface area contributed by atoms with E-state index < -0.39 is 221 Å². The molecule has 125 heavy (non-hydrogen) atoms. The average molecular weight is 1820 g/mol. The van der Waals surface area contributed by atoms with Gasteiger partial charge < -0.3 is 182 Å². The number of carbonyl (C=O) groups excluding carboxylic acids is 1. The van der Waals surface area contributed by atoms with Crippen molar-refractivity contribution in [1.82, 2.24) is 5.32 Å². The minimum atomic E-state index is -1.91. The predicted molar refractivity (Wildman–Crippen MR) is 458 cm³/mol. The molecule has 0 aliphatic carbocycles. The molecule has 30 N–H and O–H groups in total. The number of amides is 1. The molecule has 1 amide bonds. The lowest BCUT2D eigenvalue weighted by molar-refractivity contribution is -0.351. The summed E-state index contributed by atoms with van der Waals surface area (Å²) in [6.07, 6.45) is 7.93. The predicted octanol–water partition coefficient (Wildman–Crippen LogP) is 0.320. The Morgan fingerprint density at radius 3 is 0.584 bits per heavy atom. The maximum atomic E-state index is 11.8. The van der Waals surface area contributed by atoms with E-state index in [1.807, 2.05) is 0 Å². The molecular weight excluding hydrogens is 1650 g/mol. The van der Waals surface area contributed by atoms with Crippen molar-refractivity contribution in [2.75, 3.05) is 39.6 Å². The summed E-state index contributed by atoms with van der Waals surface area (Å²) in [6, 6.07) is 0. The molecule has 6 aliphatic heterocycles. The fraction of sp³-hybridized carbons (Fsp3) is 0.989. The van der Waals surface area contributed by atoms with Gasteiger partial charge in [0.25, 0.3) is 0 Å². The molecule has 0 saturated carbocycles. The third-order valence-corrected chi connectivity index (χ3v) is 24.4. The second-order valence-corrected chi connectivity index (χ2v) is 35.0. The summed E-state index contributed by atoms with van der Waals surface area (Å²) in [5, 5.41) is 283. The summed E-state index contributed by atoms with van der Waals surface area (Å²) in [7, 11) is 0. The first-order chi connectivity index (χ1) is 59.3. The maximum absolute atomic E-state index is 11.8. The van der Waals surface area contributed by atoms with Crippen molar-refractivity contribution in [3.8, 4) is 0 Å². The summed E-state index contributed by atoms with van der Waals surface area (Å²) in [4.78, 5) is 11.8. The first-order valence-electron chi connectivity index (χ1n) is 47.2. The van der Waals surface area contributed by atoms with Gasteiger partial charge in [-0.15, -0.1) is 0 Å². The van der Waals surface area contributed by atoms with Gasteiger partial charge in [0.15, 0.2) is 35.2 Å². The topological polar surface area (TPSA) is 671 Å². The van der Waals surface area contributed by atoms with Crippen molar-refractivity contribution in [2.24, 2.45) is 0 Å². The van der Waals surface area contributed by atoms with Crippen LogP contribution >= 0.6 is 0 Å². The van der Waals surface area contributed by atoms with Crippen molar-refractivity contribution >= 4 is 5.91 Å². The average Bonchev–Trinajstić information content (AvgIpc) is 0.802. The molecule has 748 valence electrons. The van der Waals surface area contributed by atoms with Gasteiger partial charge in [-0.25, -0.2) is 0 Å². The molecule has 6 aliphatic rings.